The highest BCUT2D eigenvalue weighted by atomic mass is 19.3. The summed E-state index contributed by atoms with van der Waals surface area (Å²) < 4.78 is 23.5. The molecular weight excluding hydrogens is 218 g/mol. The van der Waals surface area contributed by atoms with Crippen LogP contribution in [-0.2, 0) is 4.79 Å². The van der Waals surface area contributed by atoms with Gasteiger partial charge in [0, 0.05) is 5.56 Å². The van der Waals surface area contributed by atoms with E-state index in [0.717, 1.165) is 5.56 Å². The second-order valence-electron chi connectivity index (χ2n) is 3.11. The predicted octanol–water partition coefficient (Wildman–Crippen LogP) is 1.02. The van der Waals surface area contributed by atoms with Crippen LogP contribution >= 0.6 is 0 Å². The van der Waals surface area contributed by atoms with Crippen molar-refractivity contribution in [2.75, 3.05) is 0 Å². The van der Waals surface area contributed by atoms with Crippen molar-refractivity contribution in [3.8, 4) is 0 Å². The van der Waals surface area contributed by atoms with E-state index in [9.17, 15) is 18.4 Å². The topological polar surface area (TPSA) is 58.2 Å². The molecule has 16 heavy (non-hydrogen) atoms. The van der Waals surface area contributed by atoms with Gasteiger partial charge >= 0.3 is 12.3 Å². The highest BCUT2D eigenvalue weighted by Gasteiger charge is 2.15. The molecule has 0 aromatic heterocycles. The average molecular weight is 228 g/mol. The van der Waals surface area contributed by atoms with E-state index in [1.165, 1.54) is 12.1 Å². The summed E-state index contributed by atoms with van der Waals surface area (Å²) in [5.41, 5.74) is 4.73. The van der Waals surface area contributed by atoms with Crippen LogP contribution in [0.2, 0.25) is 0 Å². The summed E-state index contributed by atoms with van der Waals surface area (Å²) in [6, 6.07) is 6.45. The van der Waals surface area contributed by atoms with E-state index in [0.29, 0.717) is 0 Å². The number of alkyl halides is 2. The minimum atomic E-state index is -3.15. The predicted molar refractivity (Wildman–Crippen MR) is 52.8 cm³/mol. The lowest BCUT2D eigenvalue weighted by Crippen LogP contribution is -2.44. The van der Waals surface area contributed by atoms with Crippen molar-refractivity contribution in [3.05, 3.63) is 35.4 Å². The van der Waals surface area contributed by atoms with Gasteiger partial charge in [-0.3, -0.25) is 20.4 Å². The van der Waals surface area contributed by atoms with E-state index in [-0.39, 0.29) is 5.56 Å². The third-order valence-electron chi connectivity index (χ3n) is 1.81. The van der Waals surface area contributed by atoms with Gasteiger partial charge in [-0.25, -0.2) is 0 Å². The van der Waals surface area contributed by atoms with E-state index in [4.69, 9.17) is 0 Å². The number of amides is 2. The smallest absolute Gasteiger partial charge is 0.267 e. The Morgan fingerprint density at radius 3 is 2.19 bits per heavy atom. The Morgan fingerprint density at radius 2 is 1.69 bits per heavy atom. The van der Waals surface area contributed by atoms with Gasteiger partial charge < -0.3 is 0 Å². The number of halogens is 2. The van der Waals surface area contributed by atoms with E-state index in [2.05, 4.69) is 0 Å². The summed E-state index contributed by atoms with van der Waals surface area (Å²) in [4.78, 5) is 21.8. The number of rotatable bonds is 2. The highest BCUT2D eigenvalue weighted by Crippen LogP contribution is 2.02. The van der Waals surface area contributed by atoms with Gasteiger partial charge in [-0.2, -0.15) is 8.78 Å². The number of hydrogen-bond acceptors (Lipinski definition) is 2. The number of hydrogen-bond donors (Lipinski definition) is 2. The molecule has 86 valence electrons. The Balaban J connectivity index is 2.53. The summed E-state index contributed by atoms with van der Waals surface area (Å²) in [7, 11) is 0. The van der Waals surface area contributed by atoms with Crippen molar-refractivity contribution in [2.24, 2.45) is 0 Å². The number of hydrazine groups is 1. The average Bonchev–Trinajstić information content (AvgIpc) is 2.26. The van der Waals surface area contributed by atoms with Gasteiger partial charge in [0.25, 0.3) is 5.91 Å². The lowest BCUT2D eigenvalue weighted by molar-refractivity contribution is -0.132. The molecule has 2 N–H and O–H groups in total. The van der Waals surface area contributed by atoms with Crippen molar-refractivity contribution in [3.63, 3.8) is 0 Å². The quantitative estimate of drug-likeness (QED) is 0.742. The zero-order valence-corrected chi connectivity index (χ0v) is 8.46. The van der Waals surface area contributed by atoms with E-state index >= 15 is 0 Å². The van der Waals surface area contributed by atoms with Crippen molar-refractivity contribution in [1.82, 2.24) is 10.9 Å². The van der Waals surface area contributed by atoms with Gasteiger partial charge in [-0.15, -0.1) is 0 Å². The Hall–Kier alpha value is -1.98. The maximum Gasteiger partial charge on any atom is 0.317 e. The third-order valence-corrected chi connectivity index (χ3v) is 1.81. The fraction of sp³-hybridized carbons (Fsp3) is 0.200. The number of carbonyl (C=O) groups excluding carboxylic acids is 2. The lowest BCUT2D eigenvalue weighted by atomic mass is 10.1. The van der Waals surface area contributed by atoms with Crippen LogP contribution in [0.1, 0.15) is 15.9 Å². The summed E-state index contributed by atoms with van der Waals surface area (Å²) in [6.45, 7) is 1.85. The first kappa shape index (κ1) is 12.1. The van der Waals surface area contributed by atoms with Crippen molar-refractivity contribution >= 4 is 11.8 Å². The normalized spacial score (nSPS) is 10.0. The minimum absolute atomic E-state index is 0.278. The molecule has 0 heterocycles. The Bertz CT molecular complexity index is 390. The summed E-state index contributed by atoms with van der Waals surface area (Å²) in [5, 5.41) is 0. The molecule has 0 aliphatic heterocycles. The molecule has 0 bridgehead atoms. The van der Waals surface area contributed by atoms with Gasteiger partial charge in [0.05, 0.1) is 0 Å². The molecule has 2 amide bonds. The van der Waals surface area contributed by atoms with Crippen LogP contribution < -0.4 is 10.9 Å². The first-order valence-corrected chi connectivity index (χ1v) is 4.45. The van der Waals surface area contributed by atoms with E-state index in [1.807, 2.05) is 12.3 Å². The maximum absolute atomic E-state index is 11.8. The van der Waals surface area contributed by atoms with Crippen LogP contribution in [0.3, 0.4) is 0 Å². The highest BCUT2D eigenvalue weighted by molar-refractivity contribution is 5.95. The lowest BCUT2D eigenvalue weighted by Gasteiger charge is -2.06. The molecule has 4 nitrogen and oxygen atoms in total. The second-order valence-corrected chi connectivity index (χ2v) is 3.11. The summed E-state index contributed by atoms with van der Waals surface area (Å²) in [6.07, 6.45) is -3.15. The molecule has 0 atom stereocenters. The molecule has 6 heteroatoms. The molecule has 0 unspecified atom stereocenters. The first-order chi connectivity index (χ1) is 7.50. The number of nitrogens with one attached hydrogen (secondary N) is 2. The van der Waals surface area contributed by atoms with Crippen molar-refractivity contribution < 1.29 is 18.4 Å². The Labute approximate surface area is 90.6 Å². The zero-order chi connectivity index (χ0) is 12.1. The molecule has 1 rings (SSSR count). The molecule has 1 aromatic rings. The van der Waals surface area contributed by atoms with E-state index in [1.54, 1.807) is 17.6 Å². The molecule has 0 saturated carbocycles. The Morgan fingerprint density at radius 1 is 1.12 bits per heavy atom. The largest absolute Gasteiger partial charge is 0.317 e. The van der Waals surface area contributed by atoms with Gasteiger partial charge in [0.1, 0.15) is 0 Å². The van der Waals surface area contributed by atoms with Crippen molar-refractivity contribution in [2.45, 2.75) is 13.3 Å². The van der Waals surface area contributed by atoms with Crippen LogP contribution in [0.5, 0.6) is 0 Å². The molecule has 0 aliphatic carbocycles. The first-order valence-electron chi connectivity index (χ1n) is 4.45. The van der Waals surface area contributed by atoms with Gasteiger partial charge in [0.15, 0.2) is 0 Å². The summed E-state index contributed by atoms with van der Waals surface area (Å²) in [5.74, 6) is -2.19. The zero-order valence-electron chi connectivity index (χ0n) is 8.46. The van der Waals surface area contributed by atoms with Crippen LogP contribution in [0.25, 0.3) is 0 Å². The van der Waals surface area contributed by atoms with Crippen LogP contribution in [-0.4, -0.2) is 18.2 Å². The maximum atomic E-state index is 11.8. The number of aryl methyl sites for hydroxylation is 1. The number of benzene rings is 1. The van der Waals surface area contributed by atoms with Gasteiger partial charge in [0.2, 0.25) is 0 Å². The van der Waals surface area contributed by atoms with Gasteiger partial charge in [-0.1, -0.05) is 17.7 Å². The molecule has 0 aliphatic rings. The van der Waals surface area contributed by atoms with Crippen LogP contribution in [0, 0.1) is 6.92 Å². The van der Waals surface area contributed by atoms with Crippen molar-refractivity contribution in [1.29, 1.82) is 0 Å². The fourth-order valence-electron chi connectivity index (χ4n) is 0.950. The number of carbonyl (C=O) groups is 2. The SMILES string of the molecule is Cc1ccc(C(=O)NNC(=O)C(F)F)cc1. The molecule has 0 spiro atoms. The van der Waals surface area contributed by atoms with E-state index < -0.39 is 18.2 Å². The minimum Gasteiger partial charge on any atom is -0.267 e. The molecular formula is C10H10F2N2O2. The molecule has 0 fully saturated rings. The summed E-state index contributed by atoms with van der Waals surface area (Å²) >= 11 is 0. The van der Waals surface area contributed by atoms with Gasteiger partial charge in [-0.05, 0) is 19.1 Å². The third kappa shape index (κ3) is 3.30. The molecule has 1 aromatic carbocycles. The molecule has 0 saturated heterocycles. The molecule has 0 radical (unpaired) electrons. The second kappa shape index (κ2) is 5.20. The standard InChI is InChI=1S/C10H10F2N2O2/c1-6-2-4-7(5-3-6)9(15)13-14-10(16)8(11)12/h2-5,8H,1H3,(H,13,15)(H,14,16). The van der Waals surface area contributed by atoms with Crippen LogP contribution in [0.15, 0.2) is 24.3 Å². The van der Waals surface area contributed by atoms with Crippen LogP contribution in [0.4, 0.5) is 8.78 Å². The monoisotopic (exact) mass is 228 g/mol. The fourth-order valence-corrected chi connectivity index (χ4v) is 0.950. The Kier molecular flexibility index (Phi) is 3.93.